The number of ether oxygens (including phenoxy) is 1. The fraction of sp³-hybridized carbons (Fsp3) is 0.905. The van der Waals surface area contributed by atoms with Gasteiger partial charge in [0.15, 0.2) is 0 Å². The van der Waals surface area contributed by atoms with Crippen LogP contribution in [0.3, 0.4) is 0 Å². The standard InChI is InChI=1S/C21H41NO4/c1-2-3-4-5-6-7-8-9-10-11-12-13-14-15-16-17-20(23)26-18-19(22)21(24)25/h19H,2-18,22H2,1H3,(H,24,25)/t19-/m0/s1. The molecule has 0 saturated heterocycles. The lowest BCUT2D eigenvalue weighted by molar-refractivity contribution is -0.147. The minimum absolute atomic E-state index is 0.243. The quantitative estimate of drug-likeness (QED) is 0.240. The second-order valence-corrected chi connectivity index (χ2v) is 7.33. The molecule has 1 atom stereocenters. The van der Waals surface area contributed by atoms with Crippen LogP contribution in [0.5, 0.6) is 0 Å². The molecule has 154 valence electrons. The van der Waals surface area contributed by atoms with Gasteiger partial charge in [-0.3, -0.25) is 9.59 Å². The van der Waals surface area contributed by atoms with E-state index in [1.54, 1.807) is 0 Å². The van der Waals surface area contributed by atoms with E-state index in [9.17, 15) is 9.59 Å². The lowest BCUT2D eigenvalue weighted by Crippen LogP contribution is -2.35. The molecule has 5 nitrogen and oxygen atoms in total. The highest BCUT2D eigenvalue weighted by atomic mass is 16.5. The van der Waals surface area contributed by atoms with Gasteiger partial charge in [-0.2, -0.15) is 0 Å². The molecule has 0 heterocycles. The first kappa shape index (κ1) is 24.9. The zero-order valence-corrected chi connectivity index (χ0v) is 16.8. The van der Waals surface area contributed by atoms with Gasteiger partial charge in [0, 0.05) is 6.42 Å². The molecule has 0 aromatic heterocycles. The van der Waals surface area contributed by atoms with Crippen LogP contribution < -0.4 is 5.73 Å². The van der Waals surface area contributed by atoms with Crippen molar-refractivity contribution < 1.29 is 19.4 Å². The number of carbonyl (C=O) groups excluding carboxylic acids is 1. The third-order valence-corrected chi connectivity index (χ3v) is 4.73. The van der Waals surface area contributed by atoms with E-state index in [0.717, 1.165) is 19.3 Å². The minimum atomic E-state index is -1.15. The Bertz CT molecular complexity index is 347. The molecular formula is C21H41NO4. The number of carboxylic acid groups (broad SMARTS) is 1. The van der Waals surface area contributed by atoms with Gasteiger partial charge in [-0.05, 0) is 6.42 Å². The maximum Gasteiger partial charge on any atom is 0.324 e. The second-order valence-electron chi connectivity index (χ2n) is 7.33. The van der Waals surface area contributed by atoms with Gasteiger partial charge in [0.05, 0.1) is 0 Å². The molecule has 0 aromatic carbocycles. The molecule has 0 fully saturated rings. The lowest BCUT2D eigenvalue weighted by Gasteiger charge is -2.07. The highest BCUT2D eigenvalue weighted by Crippen LogP contribution is 2.13. The largest absolute Gasteiger partial charge is 0.480 e. The summed E-state index contributed by atoms with van der Waals surface area (Å²) in [6.45, 7) is 2.02. The number of carbonyl (C=O) groups is 2. The van der Waals surface area contributed by atoms with E-state index in [-0.39, 0.29) is 12.6 Å². The van der Waals surface area contributed by atoms with Gasteiger partial charge in [0.2, 0.25) is 0 Å². The summed E-state index contributed by atoms with van der Waals surface area (Å²) < 4.78 is 4.84. The van der Waals surface area contributed by atoms with E-state index in [0.29, 0.717) is 6.42 Å². The Hall–Kier alpha value is -1.10. The summed E-state index contributed by atoms with van der Waals surface area (Å²) in [5, 5.41) is 8.60. The number of hydrogen-bond acceptors (Lipinski definition) is 4. The minimum Gasteiger partial charge on any atom is -0.480 e. The van der Waals surface area contributed by atoms with Crippen LogP contribution in [0.2, 0.25) is 0 Å². The van der Waals surface area contributed by atoms with Crippen LogP contribution in [0, 0.1) is 0 Å². The van der Waals surface area contributed by atoms with Crippen molar-refractivity contribution in [2.45, 2.75) is 116 Å². The molecule has 0 saturated carbocycles. The highest BCUT2D eigenvalue weighted by Gasteiger charge is 2.13. The molecule has 0 aliphatic heterocycles. The predicted octanol–water partition coefficient (Wildman–Crippen LogP) is 5.20. The van der Waals surface area contributed by atoms with Crippen LogP contribution in [0.4, 0.5) is 0 Å². The van der Waals surface area contributed by atoms with Crippen LogP contribution in [-0.2, 0) is 14.3 Å². The van der Waals surface area contributed by atoms with Gasteiger partial charge >= 0.3 is 11.9 Å². The Labute approximate surface area is 160 Å². The van der Waals surface area contributed by atoms with Gasteiger partial charge < -0.3 is 15.6 Å². The number of rotatable bonds is 19. The van der Waals surface area contributed by atoms with Crippen molar-refractivity contribution in [3.8, 4) is 0 Å². The molecule has 26 heavy (non-hydrogen) atoms. The molecule has 0 bridgehead atoms. The van der Waals surface area contributed by atoms with E-state index in [4.69, 9.17) is 15.6 Å². The van der Waals surface area contributed by atoms with Crippen LogP contribution in [-0.4, -0.2) is 29.7 Å². The van der Waals surface area contributed by atoms with Gasteiger partial charge in [-0.15, -0.1) is 0 Å². The maximum atomic E-state index is 11.4. The van der Waals surface area contributed by atoms with Crippen molar-refractivity contribution in [2.24, 2.45) is 5.73 Å². The monoisotopic (exact) mass is 371 g/mol. The van der Waals surface area contributed by atoms with Gasteiger partial charge in [0.1, 0.15) is 12.6 Å². The van der Waals surface area contributed by atoms with Crippen LogP contribution in [0.25, 0.3) is 0 Å². The van der Waals surface area contributed by atoms with Gasteiger partial charge in [0.25, 0.3) is 0 Å². The Morgan fingerprint density at radius 1 is 0.769 bits per heavy atom. The number of nitrogens with two attached hydrogens (primary N) is 1. The first-order valence-electron chi connectivity index (χ1n) is 10.7. The van der Waals surface area contributed by atoms with Gasteiger partial charge in [-0.1, -0.05) is 96.8 Å². The van der Waals surface area contributed by atoms with Crippen LogP contribution in [0.1, 0.15) is 110 Å². The van der Waals surface area contributed by atoms with E-state index in [1.165, 1.54) is 77.0 Å². The Morgan fingerprint density at radius 3 is 1.54 bits per heavy atom. The zero-order valence-electron chi connectivity index (χ0n) is 16.8. The molecule has 0 aromatic rings. The highest BCUT2D eigenvalue weighted by molar-refractivity contribution is 5.74. The first-order chi connectivity index (χ1) is 12.6. The number of aliphatic carboxylic acids is 1. The molecule has 0 aliphatic rings. The molecule has 0 amide bonds. The molecule has 0 aliphatic carbocycles. The Balaban J connectivity index is 3.19. The summed E-state index contributed by atoms with van der Waals surface area (Å²) in [6.07, 6.45) is 19.6. The SMILES string of the molecule is CCCCCCCCCCCCCCCCCC(=O)OC[C@H](N)C(=O)O. The zero-order chi connectivity index (χ0) is 19.5. The molecule has 0 rings (SSSR count). The van der Waals surface area contributed by atoms with Crippen molar-refractivity contribution in [2.75, 3.05) is 6.61 Å². The molecule has 0 unspecified atom stereocenters. The average Bonchev–Trinajstić information content (AvgIpc) is 2.62. The maximum absolute atomic E-state index is 11.4. The Morgan fingerprint density at radius 2 is 1.15 bits per heavy atom. The van der Waals surface area contributed by atoms with Crippen molar-refractivity contribution in [1.29, 1.82) is 0 Å². The fourth-order valence-electron chi connectivity index (χ4n) is 2.97. The summed E-state index contributed by atoms with van der Waals surface area (Å²) in [4.78, 5) is 21.9. The van der Waals surface area contributed by atoms with Crippen molar-refractivity contribution >= 4 is 11.9 Å². The topological polar surface area (TPSA) is 89.6 Å². The molecular weight excluding hydrogens is 330 g/mol. The predicted molar refractivity (Wildman–Crippen MR) is 106 cm³/mol. The number of esters is 1. The summed E-state index contributed by atoms with van der Waals surface area (Å²) in [6, 6.07) is -1.12. The summed E-state index contributed by atoms with van der Waals surface area (Å²) in [5.41, 5.74) is 5.27. The van der Waals surface area contributed by atoms with Crippen molar-refractivity contribution in [1.82, 2.24) is 0 Å². The van der Waals surface area contributed by atoms with Crippen molar-refractivity contribution in [3.63, 3.8) is 0 Å². The third kappa shape index (κ3) is 17.7. The summed E-state index contributed by atoms with van der Waals surface area (Å²) >= 11 is 0. The molecule has 5 heteroatoms. The fourth-order valence-corrected chi connectivity index (χ4v) is 2.97. The number of hydrogen-bond donors (Lipinski definition) is 2. The first-order valence-corrected chi connectivity index (χ1v) is 10.7. The molecule has 0 radical (unpaired) electrons. The number of carboxylic acids is 1. The number of unbranched alkanes of at least 4 members (excludes halogenated alkanes) is 14. The van der Waals surface area contributed by atoms with E-state index < -0.39 is 12.0 Å². The summed E-state index contributed by atoms with van der Waals surface area (Å²) in [7, 11) is 0. The lowest BCUT2D eigenvalue weighted by atomic mass is 10.0. The van der Waals surface area contributed by atoms with Gasteiger partial charge in [-0.25, -0.2) is 0 Å². The van der Waals surface area contributed by atoms with Crippen LogP contribution >= 0.6 is 0 Å². The normalized spacial score (nSPS) is 12.1. The average molecular weight is 372 g/mol. The summed E-state index contributed by atoms with van der Waals surface area (Å²) in [5.74, 6) is -1.50. The Kier molecular flexibility index (Phi) is 17.9. The molecule has 3 N–H and O–H groups in total. The van der Waals surface area contributed by atoms with Crippen LogP contribution in [0.15, 0.2) is 0 Å². The van der Waals surface area contributed by atoms with E-state index in [2.05, 4.69) is 6.92 Å². The smallest absolute Gasteiger partial charge is 0.324 e. The van der Waals surface area contributed by atoms with E-state index >= 15 is 0 Å². The van der Waals surface area contributed by atoms with E-state index in [1.807, 2.05) is 0 Å². The second kappa shape index (κ2) is 18.7. The third-order valence-electron chi connectivity index (χ3n) is 4.73. The van der Waals surface area contributed by atoms with Crippen molar-refractivity contribution in [3.05, 3.63) is 0 Å². The molecule has 0 spiro atoms.